The Balaban J connectivity index is 1.09. The first-order valence-corrected chi connectivity index (χ1v) is 22.2. The van der Waals surface area contributed by atoms with Crippen LogP contribution in [0.3, 0.4) is 0 Å². The molecule has 0 amide bonds. The maximum Gasteiger partial charge on any atom is 0.143 e. The van der Waals surface area contributed by atoms with Crippen LogP contribution in [-0.4, -0.2) is 0 Å². The number of hydrogen-bond donors (Lipinski definition) is 0. The lowest BCUT2D eigenvalue weighted by atomic mass is 9.87. The second-order valence-corrected chi connectivity index (χ2v) is 17.1. The molecule has 0 saturated carbocycles. The predicted molar refractivity (Wildman–Crippen MR) is 268 cm³/mol. The van der Waals surface area contributed by atoms with Gasteiger partial charge in [0.2, 0.25) is 0 Å². The Hall–Kier alpha value is -7.98. The van der Waals surface area contributed by atoms with Crippen LogP contribution in [0.4, 0.5) is 17.1 Å². The lowest BCUT2D eigenvalue weighted by Crippen LogP contribution is -2.12. The van der Waals surface area contributed by atoms with Crippen LogP contribution in [0.15, 0.2) is 241 Å². The molecule has 3 heteroatoms. The number of anilines is 3. The summed E-state index contributed by atoms with van der Waals surface area (Å²) in [6.07, 6.45) is 0. The molecule has 296 valence electrons. The largest absolute Gasteiger partial charge is 0.455 e. The first-order chi connectivity index (χ1) is 31.2. The van der Waals surface area contributed by atoms with Gasteiger partial charge in [0.15, 0.2) is 0 Å². The van der Waals surface area contributed by atoms with Crippen molar-refractivity contribution in [1.82, 2.24) is 0 Å². The minimum absolute atomic E-state index is 0.882. The molecule has 0 N–H and O–H groups in total. The van der Waals surface area contributed by atoms with Gasteiger partial charge in [-0.25, -0.2) is 0 Å². The van der Waals surface area contributed by atoms with Crippen molar-refractivity contribution in [3.63, 3.8) is 0 Å². The zero-order valence-corrected chi connectivity index (χ0v) is 35.1. The Labute approximate surface area is 370 Å². The van der Waals surface area contributed by atoms with E-state index in [0.717, 1.165) is 72.4 Å². The summed E-state index contributed by atoms with van der Waals surface area (Å²) in [5, 5.41) is 4.83. The van der Waals surface area contributed by atoms with Gasteiger partial charge in [0, 0.05) is 53.4 Å². The van der Waals surface area contributed by atoms with E-state index in [-0.39, 0.29) is 0 Å². The fraction of sp³-hybridized carbons (Fsp3) is 0. The Bertz CT molecular complexity index is 3600. The van der Waals surface area contributed by atoms with Crippen LogP contribution in [0.2, 0.25) is 0 Å². The van der Waals surface area contributed by atoms with Crippen molar-refractivity contribution in [1.29, 1.82) is 0 Å². The van der Waals surface area contributed by atoms with Gasteiger partial charge in [-0.05, 0) is 99.1 Å². The van der Waals surface area contributed by atoms with E-state index >= 15 is 0 Å². The molecular formula is C60H39NOS. The van der Waals surface area contributed by atoms with Crippen LogP contribution in [0.5, 0.6) is 0 Å². The average Bonchev–Trinajstić information content (AvgIpc) is 3.93. The predicted octanol–water partition coefficient (Wildman–Crippen LogP) is 17.8. The summed E-state index contributed by atoms with van der Waals surface area (Å²) in [6, 6.07) is 85.4. The van der Waals surface area contributed by atoms with Crippen molar-refractivity contribution in [3.05, 3.63) is 237 Å². The SMILES string of the molecule is c1ccc(-c2ccc(N(c3ccc(-c4ccc5sc6ccccc6c5c4)cc3)c3cccc(-c4cccc5c4oc4ccccc45)c3-c3ccccc3-c3ccccc3)cc2)cc1. The Morgan fingerprint density at radius 3 is 1.60 bits per heavy atom. The smallest absolute Gasteiger partial charge is 0.143 e. The Morgan fingerprint density at radius 1 is 0.317 bits per heavy atom. The molecule has 0 atom stereocenters. The molecule has 2 nitrogen and oxygen atoms in total. The monoisotopic (exact) mass is 821 g/mol. The molecule has 0 aliphatic carbocycles. The standard InChI is InChI=1S/C60H39NOS/c1-3-15-40(16-4-1)41-29-34-45(35-30-41)61(46-36-31-42(32-37-46)44-33-38-58-54(39-44)49-21-10-12-28-57(49)63-58)55-26-14-23-51(53-25-13-24-52-48-20-9-11-27-56(48)62-60(52)53)59(55)50-22-8-7-19-47(50)43-17-5-2-6-18-43/h1-39H. The summed E-state index contributed by atoms with van der Waals surface area (Å²) >= 11 is 1.85. The third-order valence-corrected chi connectivity index (χ3v) is 13.5. The average molecular weight is 822 g/mol. The maximum atomic E-state index is 6.76. The van der Waals surface area contributed by atoms with Gasteiger partial charge in [-0.1, -0.05) is 182 Å². The third-order valence-electron chi connectivity index (χ3n) is 12.3. The van der Waals surface area contributed by atoms with Crippen LogP contribution >= 0.6 is 11.3 Å². The molecule has 0 bridgehead atoms. The lowest BCUT2D eigenvalue weighted by Gasteiger charge is -2.30. The molecule has 0 aliphatic heterocycles. The molecule has 63 heavy (non-hydrogen) atoms. The first kappa shape index (κ1) is 36.8. The number of para-hydroxylation sites is 2. The summed E-state index contributed by atoms with van der Waals surface area (Å²) in [4.78, 5) is 2.42. The van der Waals surface area contributed by atoms with E-state index < -0.39 is 0 Å². The molecule has 12 aromatic rings. The highest BCUT2D eigenvalue weighted by Gasteiger charge is 2.25. The van der Waals surface area contributed by atoms with Crippen molar-refractivity contribution in [2.45, 2.75) is 0 Å². The zero-order chi connectivity index (χ0) is 41.7. The van der Waals surface area contributed by atoms with Crippen LogP contribution in [0.1, 0.15) is 0 Å². The van der Waals surface area contributed by atoms with Crippen molar-refractivity contribution in [2.24, 2.45) is 0 Å². The van der Waals surface area contributed by atoms with Crippen LogP contribution in [-0.2, 0) is 0 Å². The van der Waals surface area contributed by atoms with Gasteiger partial charge in [-0.15, -0.1) is 11.3 Å². The number of rotatable bonds is 8. The van der Waals surface area contributed by atoms with Crippen LogP contribution in [0, 0.1) is 0 Å². The molecular weight excluding hydrogens is 783 g/mol. The highest BCUT2D eigenvalue weighted by molar-refractivity contribution is 7.25. The molecule has 0 saturated heterocycles. The fourth-order valence-corrected chi connectivity index (χ4v) is 10.4. The summed E-state index contributed by atoms with van der Waals surface area (Å²) in [5.74, 6) is 0. The van der Waals surface area contributed by atoms with Gasteiger partial charge in [0.25, 0.3) is 0 Å². The van der Waals surface area contributed by atoms with E-state index in [2.05, 4.69) is 235 Å². The fourth-order valence-electron chi connectivity index (χ4n) is 9.33. The molecule has 12 rings (SSSR count). The number of benzene rings is 10. The Morgan fingerprint density at radius 2 is 0.841 bits per heavy atom. The normalized spacial score (nSPS) is 11.5. The van der Waals surface area contributed by atoms with E-state index in [1.165, 1.54) is 42.4 Å². The van der Waals surface area contributed by atoms with Gasteiger partial charge in [0.05, 0.1) is 5.69 Å². The third kappa shape index (κ3) is 6.50. The van der Waals surface area contributed by atoms with Gasteiger partial charge in [-0.2, -0.15) is 0 Å². The Kier molecular flexibility index (Phi) is 9.06. The minimum Gasteiger partial charge on any atom is -0.455 e. The van der Waals surface area contributed by atoms with Gasteiger partial charge >= 0.3 is 0 Å². The van der Waals surface area contributed by atoms with Gasteiger partial charge in [0.1, 0.15) is 11.2 Å². The van der Waals surface area contributed by atoms with E-state index in [1.807, 2.05) is 17.4 Å². The van der Waals surface area contributed by atoms with E-state index in [4.69, 9.17) is 4.42 Å². The number of nitrogens with zero attached hydrogens (tertiary/aromatic N) is 1. The molecule has 0 radical (unpaired) electrons. The maximum absolute atomic E-state index is 6.76. The second kappa shape index (κ2) is 15.5. The summed E-state index contributed by atoms with van der Waals surface area (Å²) in [5.41, 5.74) is 16.4. The van der Waals surface area contributed by atoms with Crippen LogP contribution in [0.25, 0.3) is 97.7 Å². The number of furan rings is 1. The molecule has 0 spiro atoms. The van der Waals surface area contributed by atoms with Crippen molar-refractivity contribution in [2.75, 3.05) is 4.90 Å². The topological polar surface area (TPSA) is 16.4 Å². The summed E-state index contributed by atoms with van der Waals surface area (Å²) in [7, 11) is 0. The van der Waals surface area contributed by atoms with Gasteiger partial charge < -0.3 is 9.32 Å². The molecule has 0 aliphatic rings. The molecule has 2 heterocycles. The van der Waals surface area contributed by atoms with Crippen LogP contribution < -0.4 is 4.90 Å². The summed E-state index contributed by atoms with van der Waals surface area (Å²) < 4.78 is 9.38. The number of hydrogen-bond acceptors (Lipinski definition) is 3. The molecule has 0 fully saturated rings. The minimum atomic E-state index is 0.882. The highest BCUT2D eigenvalue weighted by Crippen LogP contribution is 2.50. The quantitative estimate of drug-likeness (QED) is 0.152. The highest BCUT2D eigenvalue weighted by atomic mass is 32.1. The summed E-state index contributed by atoms with van der Waals surface area (Å²) in [6.45, 7) is 0. The zero-order valence-electron chi connectivity index (χ0n) is 34.3. The van der Waals surface area contributed by atoms with Gasteiger partial charge in [-0.3, -0.25) is 0 Å². The molecule has 0 unspecified atom stereocenters. The molecule has 2 aromatic heterocycles. The number of fused-ring (bicyclic) bond motifs is 6. The number of thiophene rings is 1. The van der Waals surface area contributed by atoms with Crippen molar-refractivity contribution in [3.8, 4) is 55.6 Å². The van der Waals surface area contributed by atoms with E-state index in [0.29, 0.717) is 0 Å². The van der Waals surface area contributed by atoms with Crippen molar-refractivity contribution < 1.29 is 4.42 Å². The van der Waals surface area contributed by atoms with Crippen molar-refractivity contribution >= 4 is 70.5 Å². The molecule has 10 aromatic carbocycles. The lowest BCUT2D eigenvalue weighted by molar-refractivity contribution is 0.670. The van der Waals surface area contributed by atoms with E-state index in [1.54, 1.807) is 0 Å². The first-order valence-electron chi connectivity index (χ1n) is 21.4. The van der Waals surface area contributed by atoms with E-state index in [9.17, 15) is 0 Å². The second-order valence-electron chi connectivity index (χ2n) is 16.0.